The van der Waals surface area contributed by atoms with Crippen LogP contribution < -0.4 is 5.90 Å². The van der Waals surface area contributed by atoms with Gasteiger partial charge in [0.25, 0.3) is 0 Å². The van der Waals surface area contributed by atoms with Crippen molar-refractivity contribution in [1.82, 2.24) is 0 Å². The summed E-state index contributed by atoms with van der Waals surface area (Å²) in [6.07, 6.45) is -0.392. The van der Waals surface area contributed by atoms with Gasteiger partial charge in [-0.2, -0.15) is 0 Å². The Balaban J connectivity index is 2.20. The number of nitrogens with two attached hydrogens (primary N) is 1. The maximum absolute atomic E-state index is 5.27. The summed E-state index contributed by atoms with van der Waals surface area (Å²) in [4.78, 5) is 4.88. The summed E-state index contributed by atoms with van der Waals surface area (Å²) in [6, 6.07) is 19.5. The summed E-state index contributed by atoms with van der Waals surface area (Å²) in [6.45, 7) is 0. The largest absolute Gasteiger partial charge is 0.283 e. The third kappa shape index (κ3) is 3.18. The molecule has 2 rings (SSSR count). The highest BCUT2D eigenvalue weighted by Crippen LogP contribution is 2.13. The van der Waals surface area contributed by atoms with E-state index < -0.39 is 6.10 Å². The van der Waals surface area contributed by atoms with E-state index >= 15 is 0 Å². The molecule has 84 valence electrons. The highest BCUT2D eigenvalue weighted by atomic mass is 16.6. The van der Waals surface area contributed by atoms with Crippen LogP contribution >= 0.6 is 0 Å². The van der Waals surface area contributed by atoms with Gasteiger partial charge in [0.1, 0.15) is 0 Å². The quantitative estimate of drug-likeness (QED) is 0.627. The van der Waals surface area contributed by atoms with Gasteiger partial charge in [0.2, 0.25) is 0 Å². The molecule has 2 aromatic rings. The van der Waals surface area contributed by atoms with Crippen molar-refractivity contribution in [2.75, 3.05) is 0 Å². The molecule has 0 radical (unpaired) electrons. The van der Waals surface area contributed by atoms with Crippen molar-refractivity contribution in [2.24, 2.45) is 5.90 Å². The first-order valence-corrected chi connectivity index (χ1v) is 5.37. The van der Waals surface area contributed by atoms with Crippen LogP contribution in [-0.2, 0) is 4.84 Å². The first kappa shape index (κ1) is 11.4. The van der Waals surface area contributed by atoms with Gasteiger partial charge in [-0.05, 0) is 17.7 Å². The molecule has 2 heteroatoms. The van der Waals surface area contributed by atoms with Gasteiger partial charge < -0.3 is 0 Å². The Bertz CT molecular complexity index is 511. The smallest absolute Gasteiger partial charge is 0.164 e. The van der Waals surface area contributed by atoms with E-state index in [9.17, 15) is 0 Å². The summed E-state index contributed by atoms with van der Waals surface area (Å²) in [5.74, 6) is 11.3. The van der Waals surface area contributed by atoms with Crippen molar-refractivity contribution < 1.29 is 4.84 Å². The molecule has 0 saturated heterocycles. The lowest BCUT2D eigenvalue weighted by Crippen LogP contribution is -2.07. The standard InChI is InChI=1S/C15H13NO/c16-17-15(14-9-5-2-6-10-14)12-11-13-7-3-1-4-8-13/h1-10,15H,16H2. The fourth-order valence-corrected chi connectivity index (χ4v) is 1.49. The topological polar surface area (TPSA) is 35.2 Å². The van der Waals surface area contributed by atoms with Gasteiger partial charge in [-0.25, -0.2) is 5.90 Å². The predicted molar refractivity (Wildman–Crippen MR) is 67.8 cm³/mol. The van der Waals surface area contributed by atoms with E-state index in [1.54, 1.807) is 0 Å². The molecule has 0 aliphatic heterocycles. The first-order chi connectivity index (χ1) is 8.40. The zero-order valence-corrected chi connectivity index (χ0v) is 9.34. The Labute approximate surface area is 101 Å². The SMILES string of the molecule is NOC(C#Cc1ccccc1)c1ccccc1. The van der Waals surface area contributed by atoms with Crippen LogP contribution in [-0.4, -0.2) is 0 Å². The summed E-state index contributed by atoms with van der Waals surface area (Å²) in [5, 5.41) is 0. The number of hydrogen-bond donors (Lipinski definition) is 1. The third-order valence-electron chi connectivity index (χ3n) is 2.36. The molecule has 17 heavy (non-hydrogen) atoms. The maximum Gasteiger partial charge on any atom is 0.164 e. The average Bonchev–Trinajstić information content (AvgIpc) is 2.42. The molecule has 0 aliphatic carbocycles. The van der Waals surface area contributed by atoms with Crippen LogP contribution in [0.25, 0.3) is 0 Å². The molecular formula is C15H13NO. The van der Waals surface area contributed by atoms with E-state index in [0.29, 0.717) is 0 Å². The first-order valence-electron chi connectivity index (χ1n) is 5.37. The molecule has 2 aromatic carbocycles. The van der Waals surface area contributed by atoms with Crippen LogP contribution in [0.2, 0.25) is 0 Å². The summed E-state index contributed by atoms with van der Waals surface area (Å²) >= 11 is 0. The fraction of sp³-hybridized carbons (Fsp3) is 0.0667. The van der Waals surface area contributed by atoms with E-state index in [2.05, 4.69) is 11.8 Å². The van der Waals surface area contributed by atoms with Crippen molar-refractivity contribution in [2.45, 2.75) is 6.10 Å². The van der Waals surface area contributed by atoms with Crippen LogP contribution in [0.1, 0.15) is 17.2 Å². The van der Waals surface area contributed by atoms with E-state index in [-0.39, 0.29) is 0 Å². The van der Waals surface area contributed by atoms with E-state index in [1.807, 2.05) is 60.7 Å². The lowest BCUT2D eigenvalue weighted by atomic mass is 10.1. The van der Waals surface area contributed by atoms with Gasteiger partial charge in [-0.3, -0.25) is 4.84 Å². The Morgan fingerprint density at radius 1 is 0.882 bits per heavy atom. The van der Waals surface area contributed by atoms with Gasteiger partial charge >= 0.3 is 0 Å². The van der Waals surface area contributed by atoms with E-state index in [1.165, 1.54) is 0 Å². The molecule has 0 heterocycles. The van der Waals surface area contributed by atoms with Gasteiger partial charge in [0, 0.05) is 5.56 Å². The molecule has 2 nitrogen and oxygen atoms in total. The molecule has 0 amide bonds. The zero-order valence-electron chi connectivity index (χ0n) is 9.34. The molecule has 1 unspecified atom stereocenters. The van der Waals surface area contributed by atoms with Crippen LogP contribution in [0.3, 0.4) is 0 Å². The normalized spacial score (nSPS) is 11.4. The lowest BCUT2D eigenvalue weighted by Gasteiger charge is -2.07. The van der Waals surface area contributed by atoms with Crippen LogP contribution in [0.5, 0.6) is 0 Å². The molecule has 0 saturated carbocycles. The molecule has 0 fully saturated rings. The van der Waals surface area contributed by atoms with Crippen molar-refractivity contribution in [3.63, 3.8) is 0 Å². The number of rotatable bonds is 2. The Morgan fingerprint density at radius 3 is 2.06 bits per heavy atom. The van der Waals surface area contributed by atoms with E-state index in [4.69, 9.17) is 10.7 Å². The Kier molecular flexibility index (Phi) is 3.93. The minimum atomic E-state index is -0.392. The van der Waals surface area contributed by atoms with Crippen molar-refractivity contribution in [1.29, 1.82) is 0 Å². The fourth-order valence-electron chi connectivity index (χ4n) is 1.49. The Morgan fingerprint density at radius 2 is 1.47 bits per heavy atom. The van der Waals surface area contributed by atoms with Crippen LogP contribution in [0.15, 0.2) is 60.7 Å². The second kappa shape index (κ2) is 5.86. The summed E-state index contributed by atoms with van der Waals surface area (Å²) < 4.78 is 0. The van der Waals surface area contributed by atoms with Gasteiger partial charge in [-0.1, -0.05) is 60.4 Å². The van der Waals surface area contributed by atoms with Gasteiger partial charge in [0.15, 0.2) is 6.10 Å². The zero-order chi connectivity index (χ0) is 11.9. The highest BCUT2D eigenvalue weighted by Gasteiger charge is 2.05. The number of hydrogen-bond acceptors (Lipinski definition) is 2. The minimum Gasteiger partial charge on any atom is -0.283 e. The molecular weight excluding hydrogens is 210 g/mol. The minimum absolute atomic E-state index is 0.392. The van der Waals surface area contributed by atoms with Gasteiger partial charge in [0.05, 0.1) is 0 Å². The molecule has 2 N–H and O–H groups in total. The van der Waals surface area contributed by atoms with Crippen molar-refractivity contribution in [3.8, 4) is 11.8 Å². The molecule has 0 aromatic heterocycles. The van der Waals surface area contributed by atoms with Crippen molar-refractivity contribution >= 4 is 0 Å². The van der Waals surface area contributed by atoms with Crippen molar-refractivity contribution in [3.05, 3.63) is 71.8 Å². The lowest BCUT2D eigenvalue weighted by molar-refractivity contribution is 0.0934. The molecule has 0 bridgehead atoms. The molecule has 1 atom stereocenters. The monoisotopic (exact) mass is 223 g/mol. The van der Waals surface area contributed by atoms with E-state index in [0.717, 1.165) is 11.1 Å². The second-order valence-corrected chi connectivity index (χ2v) is 3.56. The Hall–Kier alpha value is -2.08. The molecule has 0 spiro atoms. The average molecular weight is 223 g/mol. The molecule has 0 aliphatic rings. The second-order valence-electron chi connectivity index (χ2n) is 3.56. The van der Waals surface area contributed by atoms with Crippen LogP contribution in [0.4, 0.5) is 0 Å². The van der Waals surface area contributed by atoms with Crippen LogP contribution in [0, 0.1) is 11.8 Å². The summed E-state index contributed by atoms with van der Waals surface area (Å²) in [5.41, 5.74) is 1.91. The predicted octanol–water partition coefficient (Wildman–Crippen LogP) is 2.67. The highest BCUT2D eigenvalue weighted by molar-refractivity contribution is 5.36. The maximum atomic E-state index is 5.27. The number of benzene rings is 2. The summed E-state index contributed by atoms with van der Waals surface area (Å²) in [7, 11) is 0. The van der Waals surface area contributed by atoms with Gasteiger partial charge in [-0.15, -0.1) is 0 Å². The third-order valence-corrected chi connectivity index (χ3v) is 2.36.